The van der Waals surface area contributed by atoms with Gasteiger partial charge >= 0.3 is 5.66 Å². The molecule has 1 aliphatic carbocycles. The van der Waals surface area contributed by atoms with E-state index in [-0.39, 0.29) is 17.2 Å². The lowest BCUT2D eigenvalue weighted by molar-refractivity contribution is 0.0934. The number of amides is 2. The lowest BCUT2D eigenvalue weighted by atomic mass is 9.98. The van der Waals surface area contributed by atoms with Crippen LogP contribution in [-0.4, -0.2) is 31.6 Å². The Morgan fingerprint density at radius 2 is 1.78 bits per heavy atom. The van der Waals surface area contributed by atoms with Crippen molar-refractivity contribution < 1.29 is 23.1 Å². The van der Waals surface area contributed by atoms with E-state index < -0.39 is 17.4 Å². The third-order valence-corrected chi connectivity index (χ3v) is 6.69. The van der Waals surface area contributed by atoms with Crippen molar-refractivity contribution in [3.63, 3.8) is 0 Å². The second kappa shape index (κ2) is 9.26. The maximum absolute atomic E-state index is 13.5. The predicted molar refractivity (Wildman–Crippen MR) is 138 cm³/mol. The Bertz CT molecular complexity index is 1600. The number of nitrogens with zero attached hydrogens (tertiary/aromatic N) is 1. The second-order valence-corrected chi connectivity index (χ2v) is 9.14. The SMILES string of the molecule is [C-]#[N+]C1(NC(=O)c2cc(-c3ccc4oc(-c5ccc(F)cc5)c(C(=O)NC)c4c3)c(Cl)cc2OC)CC1. The van der Waals surface area contributed by atoms with Gasteiger partial charge in [0.15, 0.2) is 0 Å². The van der Waals surface area contributed by atoms with Gasteiger partial charge in [-0.2, -0.15) is 0 Å². The molecule has 9 heteroatoms. The van der Waals surface area contributed by atoms with E-state index in [1.54, 1.807) is 42.5 Å². The molecule has 37 heavy (non-hydrogen) atoms. The molecule has 0 bridgehead atoms. The number of halogens is 2. The van der Waals surface area contributed by atoms with Gasteiger partial charge in [0.25, 0.3) is 11.8 Å². The number of fused-ring (bicyclic) bond motifs is 1. The summed E-state index contributed by atoms with van der Waals surface area (Å²) in [6.07, 6.45) is 1.20. The molecular formula is C28H21ClFN3O4. The Hall–Kier alpha value is -4.35. The van der Waals surface area contributed by atoms with Crippen molar-refractivity contribution in [1.82, 2.24) is 10.6 Å². The van der Waals surface area contributed by atoms with Crippen molar-refractivity contribution in [3.05, 3.63) is 88.0 Å². The van der Waals surface area contributed by atoms with Gasteiger partial charge in [-0.05, 0) is 48.0 Å². The summed E-state index contributed by atoms with van der Waals surface area (Å²) in [5, 5.41) is 6.28. The first-order chi connectivity index (χ1) is 17.8. The number of carbonyl (C=O) groups excluding carboxylic acids is 2. The first-order valence-electron chi connectivity index (χ1n) is 11.4. The quantitative estimate of drug-likeness (QED) is 0.304. The van der Waals surface area contributed by atoms with Crippen molar-refractivity contribution in [2.24, 2.45) is 0 Å². The molecule has 4 aromatic rings. The van der Waals surface area contributed by atoms with E-state index in [2.05, 4.69) is 15.5 Å². The van der Waals surface area contributed by atoms with E-state index in [0.717, 1.165) is 0 Å². The standard InChI is InChI=1S/C28H21ClFN3O4/c1-31-27(35)24-19-12-16(6-9-22(19)37-25(24)15-4-7-17(30)8-5-15)18-13-20(23(36-3)14-21(18)29)26(34)33-28(32-2)10-11-28/h4-9,12-14H,10-11H2,1,3H3,(H,31,35)(H,33,34). The summed E-state index contributed by atoms with van der Waals surface area (Å²) in [5.41, 5.74) is 1.84. The van der Waals surface area contributed by atoms with Crippen LogP contribution in [0.3, 0.4) is 0 Å². The average Bonchev–Trinajstić information content (AvgIpc) is 3.58. The summed E-state index contributed by atoms with van der Waals surface area (Å²) >= 11 is 6.59. The number of ether oxygens (including phenoxy) is 1. The van der Waals surface area contributed by atoms with Gasteiger partial charge in [-0.1, -0.05) is 17.7 Å². The number of hydrogen-bond donors (Lipinski definition) is 2. The van der Waals surface area contributed by atoms with Crippen LogP contribution in [0.4, 0.5) is 4.39 Å². The van der Waals surface area contributed by atoms with Gasteiger partial charge in [-0.3, -0.25) is 19.8 Å². The normalized spacial score (nSPS) is 13.6. The van der Waals surface area contributed by atoms with Gasteiger partial charge in [-0.15, -0.1) is 0 Å². The molecule has 1 aliphatic rings. The van der Waals surface area contributed by atoms with Crippen LogP contribution in [0.2, 0.25) is 5.02 Å². The lowest BCUT2D eigenvalue weighted by Crippen LogP contribution is -2.34. The van der Waals surface area contributed by atoms with E-state index in [9.17, 15) is 14.0 Å². The molecule has 0 spiro atoms. The van der Waals surface area contributed by atoms with Crippen molar-refractivity contribution >= 4 is 34.4 Å². The van der Waals surface area contributed by atoms with Crippen molar-refractivity contribution in [2.75, 3.05) is 14.2 Å². The van der Waals surface area contributed by atoms with Gasteiger partial charge in [0.05, 0.1) is 36.1 Å². The van der Waals surface area contributed by atoms with E-state index >= 15 is 0 Å². The molecule has 2 amide bonds. The van der Waals surface area contributed by atoms with Crippen LogP contribution in [0, 0.1) is 12.4 Å². The topological polar surface area (TPSA) is 84.9 Å². The minimum Gasteiger partial charge on any atom is -0.496 e. The van der Waals surface area contributed by atoms with Gasteiger partial charge in [0, 0.05) is 29.6 Å². The van der Waals surface area contributed by atoms with Crippen LogP contribution in [0.25, 0.3) is 38.3 Å². The number of furan rings is 1. The van der Waals surface area contributed by atoms with Gasteiger partial charge < -0.3 is 14.5 Å². The lowest BCUT2D eigenvalue weighted by Gasteiger charge is -2.14. The fourth-order valence-electron chi connectivity index (χ4n) is 4.20. The Balaban J connectivity index is 1.64. The van der Waals surface area contributed by atoms with Crippen molar-refractivity contribution in [3.8, 4) is 28.2 Å². The summed E-state index contributed by atoms with van der Waals surface area (Å²) in [6.45, 7) is 7.35. The average molecular weight is 518 g/mol. The van der Waals surface area contributed by atoms with Crippen LogP contribution in [0.15, 0.2) is 59.0 Å². The largest absolute Gasteiger partial charge is 0.496 e. The first-order valence-corrected chi connectivity index (χ1v) is 11.8. The van der Waals surface area contributed by atoms with Crippen LogP contribution in [0.5, 0.6) is 5.75 Å². The Labute approximate surface area is 217 Å². The summed E-state index contributed by atoms with van der Waals surface area (Å²) in [5.74, 6) is -0.619. The van der Waals surface area contributed by atoms with Gasteiger partial charge in [0.2, 0.25) is 0 Å². The molecular weight excluding hydrogens is 497 g/mol. The number of benzene rings is 3. The van der Waals surface area contributed by atoms with Crippen LogP contribution >= 0.6 is 11.6 Å². The van der Waals surface area contributed by atoms with E-state index in [0.29, 0.717) is 56.8 Å². The maximum atomic E-state index is 13.5. The van der Waals surface area contributed by atoms with Crippen LogP contribution in [0.1, 0.15) is 33.6 Å². The zero-order chi connectivity index (χ0) is 26.3. The molecule has 0 saturated heterocycles. The molecule has 1 saturated carbocycles. The molecule has 7 nitrogen and oxygen atoms in total. The fourth-order valence-corrected chi connectivity index (χ4v) is 4.47. The molecule has 3 aromatic carbocycles. The molecule has 5 rings (SSSR count). The predicted octanol–water partition coefficient (Wildman–Crippen LogP) is 6.07. The Kier molecular flexibility index (Phi) is 6.10. The van der Waals surface area contributed by atoms with Crippen LogP contribution < -0.4 is 15.4 Å². The van der Waals surface area contributed by atoms with Crippen molar-refractivity contribution in [1.29, 1.82) is 0 Å². The summed E-state index contributed by atoms with van der Waals surface area (Å²) < 4.78 is 24.9. The Morgan fingerprint density at radius 1 is 1.08 bits per heavy atom. The van der Waals surface area contributed by atoms with Gasteiger partial charge in [-0.25, -0.2) is 11.0 Å². The highest BCUT2D eigenvalue weighted by Crippen LogP contribution is 2.41. The van der Waals surface area contributed by atoms with Crippen LogP contribution in [-0.2, 0) is 0 Å². The van der Waals surface area contributed by atoms with Gasteiger partial charge in [0.1, 0.15) is 22.9 Å². The summed E-state index contributed by atoms with van der Waals surface area (Å²) in [4.78, 5) is 29.5. The number of carbonyl (C=O) groups is 2. The highest BCUT2D eigenvalue weighted by molar-refractivity contribution is 6.34. The molecule has 0 atom stereocenters. The van der Waals surface area contributed by atoms with E-state index in [4.69, 9.17) is 27.3 Å². The molecule has 0 radical (unpaired) electrons. The maximum Gasteiger partial charge on any atom is 0.308 e. The number of rotatable bonds is 6. The molecule has 0 unspecified atom stereocenters. The number of nitrogens with one attached hydrogen (secondary N) is 2. The monoisotopic (exact) mass is 517 g/mol. The highest BCUT2D eigenvalue weighted by atomic mass is 35.5. The first kappa shape index (κ1) is 24.3. The zero-order valence-corrected chi connectivity index (χ0v) is 20.7. The smallest absolute Gasteiger partial charge is 0.308 e. The highest BCUT2D eigenvalue weighted by Gasteiger charge is 2.52. The minimum absolute atomic E-state index is 0.239. The summed E-state index contributed by atoms with van der Waals surface area (Å²) in [6, 6.07) is 14.1. The molecule has 1 fully saturated rings. The van der Waals surface area contributed by atoms with Crippen molar-refractivity contribution in [2.45, 2.75) is 18.5 Å². The van der Waals surface area contributed by atoms with E-state index in [1.807, 2.05) is 0 Å². The zero-order valence-electron chi connectivity index (χ0n) is 19.9. The molecule has 186 valence electrons. The molecule has 1 aromatic heterocycles. The molecule has 1 heterocycles. The summed E-state index contributed by atoms with van der Waals surface area (Å²) in [7, 11) is 2.95. The third-order valence-electron chi connectivity index (χ3n) is 6.38. The third kappa shape index (κ3) is 4.39. The number of hydrogen-bond acceptors (Lipinski definition) is 4. The second-order valence-electron chi connectivity index (χ2n) is 8.73. The minimum atomic E-state index is -0.864. The fraction of sp³-hybridized carbons (Fsp3) is 0.179. The molecule has 0 aliphatic heterocycles. The Morgan fingerprint density at radius 3 is 2.41 bits per heavy atom. The number of methoxy groups -OCH3 is 1. The van der Waals surface area contributed by atoms with E-state index in [1.165, 1.54) is 26.3 Å². The molecule has 2 N–H and O–H groups in total.